The third kappa shape index (κ3) is 2.04. The van der Waals surface area contributed by atoms with Gasteiger partial charge in [-0.1, -0.05) is 54.1 Å². The fourth-order valence-corrected chi connectivity index (χ4v) is 6.38. The molecule has 2 heteroatoms. The van der Waals surface area contributed by atoms with Gasteiger partial charge in [-0.3, -0.25) is 0 Å². The van der Waals surface area contributed by atoms with Gasteiger partial charge in [0.25, 0.3) is 0 Å². The van der Waals surface area contributed by atoms with Crippen molar-refractivity contribution in [1.29, 1.82) is 0 Å². The largest absolute Gasteiger partial charge is 0.385 e. The molecule has 4 aliphatic rings. The summed E-state index contributed by atoms with van der Waals surface area (Å²) in [5, 5.41) is 12.7. The molecule has 1 N–H and O–H groups in total. The Kier molecular flexibility index (Phi) is 3.34. The molecule has 0 unspecified atom stereocenters. The zero-order valence-electron chi connectivity index (χ0n) is 13.8. The van der Waals surface area contributed by atoms with Crippen molar-refractivity contribution in [2.45, 2.75) is 37.7 Å². The van der Waals surface area contributed by atoms with Gasteiger partial charge < -0.3 is 5.11 Å². The van der Waals surface area contributed by atoms with Gasteiger partial charge in [0, 0.05) is 10.6 Å². The van der Waals surface area contributed by atoms with Crippen LogP contribution in [0.25, 0.3) is 11.1 Å². The Morgan fingerprint density at radius 2 is 1.42 bits per heavy atom. The van der Waals surface area contributed by atoms with Gasteiger partial charge in [-0.15, -0.1) is 0 Å². The first-order valence-electron chi connectivity index (χ1n) is 9.23. The van der Waals surface area contributed by atoms with Gasteiger partial charge in [0.1, 0.15) is 0 Å². The van der Waals surface area contributed by atoms with Crippen LogP contribution < -0.4 is 0 Å². The molecule has 0 amide bonds. The highest BCUT2D eigenvalue weighted by molar-refractivity contribution is 6.33. The van der Waals surface area contributed by atoms with E-state index in [4.69, 9.17) is 11.6 Å². The molecule has 1 nitrogen and oxygen atoms in total. The first-order valence-corrected chi connectivity index (χ1v) is 9.61. The molecule has 124 valence electrons. The lowest BCUT2D eigenvalue weighted by Crippen LogP contribution is -2.55. The monoisotopic (exact) mass is 338 g/mol. The topological polar surface area (TPSA) is 20.2 Å². The Balaban J connectivity index is 1.69. The number of halogens is 1. The fourth-order valence-electron chi connectivity index (χ4n) is 6.10. The van der Waals surface area contributed by atoms with Crippen molar-refractivity contribution in [3.63, 3.8) is 0 Å². The highest BCUT2D eigenvalue weighted by atomic mass is 35.5. The van der Waals surface area contributed by atoms with Gasteiger partial charge in [-0.2, -0.15) is 0 Å². The van der Waals surface area contributed by atoms with Crippen LogP contribution in [0.3, 0.4) is 0 Å². The number of benzene rings is 2. The first-order chi connectivity index (χ1) is 11.7. The molecule has 0 spiro atoms. The van der Waals surface area contributed by atoms with Crippen molar-refractivity contribution in [1.82, 2.24) is 0 Å². The van der Waals surface area contributed by atoms with Crippen molar-refractivity contribution in [3.8, 4) is 11.1 Å². The normalized spacial score (nSPS) is 36.9. The maximum atomic E-state index is 12.0. The second-order valence-electron chi connectivity index (χ2n) is 8.16. The summed E-state index contributed by atoms with van der Waals surface area (Å²) in [5.41, 5.74) is 2.51. The van der Waals surface area contributed by atoms with E-state index in [1.165, 1.54) is 32.1 Å². The van der Waals surface area contributed by atoms with Crippen LogP contribution in [0.1, 0.15) is 37.7 Å². The van der Waals surface area contributed by atoms with Crippen molar-refractivity contribution < 1.29 is 5.11 Å². The summed E-state index contributed by atoms with van der Waals surface area (Å²) in [5.74, 6) is 2.48. The van der Waals surface area contributed by atoms with Gasteiger partial charge in [-0.05, 0) is 73.0 Å². The van der Waals surface area contributed by atoms with E-state index in [-0.39, 0.29) is 0 Å². The molecule has 0 saturated heterocycles. The Morgan fingerprint density at radius 3 is 2.04 bits per heavy atom. The fraction of sp³-hybridized carbons (Fsp3) is 0.455. The smallest absolute Gasteiger partial charge is 0.0959 e. The van der Waals surface area contributed by atoms with Gasteiger partial charge >= 0.3 is 0 Å². The van der Waals surface area contributed by atoms with Crippen LogP contribution in [0.5, 0.6) is 0 Å². The summed E-state index contributed by atoms with van der Waals surface area (Å²) < 4.78 is 0. The van der Waals surface area contributed by atoms with E-state index in [0.29, 0.717) is 11.8 Å². The van der Waals surface area contributed by atoms with Crippen LogP contribution in [0.4, 0.5) is 0 Å². The van der Waals surface area contributed by atoms with E-state index in [1.807, 2.05) is 30.3 Å². The quantitative estimate of drug-likeness (QED) is 0.750. The minimum atomic E-state index is -0.705. The molecule has 0 atom stereocenters. The highest BCUT2D eigenvalue weighted by Gasteiger charge is 2.57. The third-order valence-corrected chi connectivity index (χ3v) is 7.21. The molecule has 4 fully saturated rings. The summed E-state index contributed by atoms with van der Waals surface area (Å²) in [7, 11) is 0. The van der Waals surface area contributed by atoms with Crippen LogP contribution in [-0.2, 0) is 5.60 Å². The van der Waals surface area contributed by atoms with Gasteiger partial charge in [0.15, 0.2) is 0 Å². The van der Waals surface area contributed by atoms with Crippen molar-refractivity contribution >= 4 is 11.6 Å². The molecule has 4 saturated carbocycles. The van der Waals surface area contributed by atoms with Crippen LogP contribution in [0.2, 0.25) is 5.02 Å². The lowest BCUT2D eigenvalue weighted by molar-refractivity contribution is -0.179. The molecule has 6 rings (SSSR count). The molecule has 0 aromatic heterocycles. The molecular weight excluding hydrogens is 316 g/mol. The molecule has 4 aliphatic carbocycles. The predicted molar refractivity (Wildman–Crippen MR) is 97.8 cm³/mol. The second kappa shape index (κ2) is 5.34. The SMILES string of the molecule is OC1(c2cccc(Cl)c2-c2ccccc2)C2CC3CC(C2)CC1C3. The molecule has 4 bridgehead atoms. The summed E-state index contributed by atoms with van der Waals surface area (Å²) in [4.78, 5) is 0. The standard InChI is InChI=1S/C22H23ClO/c23-20-8-4-7-19(21(20)16-5-2-1-3-6-16)22(24)17-10-14-9-15(12-17)13-18(22)11-14/h1-8,14-15,17-18,24H,9-13H2. The van der Waals surface area contributed by atoms with E-state index in [2.05, 4.69) is 18.2 Å². The number of rotatable bonds is 2. The minimum Gasteiger partial charge on any atom is -0.385 e. The summed E-state index contributed by atoms with van der Waals surface area (Å²) >= 11 is 6.63. The Bertz CT molecular complexity index is 739. The molecule has 2 aromatic carbocycles. The maximum absolute atomic E-state index is 12.0. The van der Waals surface area contributed by atoms with Gasteiger partial charge in [0.05, 0.1) is 5.60 Å². The van der Waals surface area contributed by atoms with Crippen molar-refractivity contribution in [3.05, 3.63) is 59.1 Å². The summed E-state index contributed by atoms with van der Waals surface area (Å²) in [6.07, 6.45) is 6.13. The van der Waals surface area contributed by atoms with E-state index >= 15 is 0 Å². The average Bonchev–Trinajstić information content (AvgIpc) is 2.59. The van der Waals surface area contributed by atoms with Crippen LogP contribution >= 0.6 is 11.6 Å². The van der Waals surface area contributed by atoms with Crippen LogP contribution in [0, 0.1) is 23.7 Å². The highest BCUT2D eigenvalue weighted by Crippen LogP contribution is 2.62. The first kappa shape index (κ1) is 15.0. The molecular formula is C22H23ClO. The van der Waals surface area contributed by atoms with Crippen LogP contribution in [-0.4, -0.2) is 5.11 Å². The molecule has 0 heterocycles. The van der Waals surface area contributed by atoms with E-state index < -0.39 is 5.60 Å². The zero-order chi connectivity index (χ0) is 16.3. The Labute approximate surface area is 148 Å². The number of hydrogen-bond acceptors (Lipinski definition) is 1. The lowest BCUT2D eigenvalue weighted by atomic mass is 9.48. The molecule has 0 aliphatic heterocycles. The third-order valence-electron chi connectivity index (χ3n) is 6.89. The van der Waals surface area contributed by atoms with E-state index in [9.17, 15) is 5.11 Å². The van der Waals surface area contributed by atoms with Gasteiger partial charge in [0.2, 0.25) is 0 Å². The van der Waals surface area contributed by atoms with E-state index in [0.717, 1.165) is 33.5 Å². The van der Waals surface area contributed by atoms with Gasteiger partial charge in [-0.25, -0.2) is 0 Å². The molecule has 24 heavy (non-hydrogen) atoms. The maximum Gasteiger partial charge on any atom is 0.0959 e. The average molecular weight is 339 g/mol. The van der Waals surface area contributed by atoms with Crippen molar-refractivity contribution in [2.24, 2.45) is 23.7 Å². The Morgan fingerprint density at radius 1 is 0.792 bits per heavy atom. The van der Waals surface area contributed by atoms with Crippen LogP contribution in [0.15, 0.2) is 48.5 Å². The van der Waals surface area contributed by atoms with Crippen molar-refractivity contribution in [2.75, 3.05) is 0 Å². The second-order valence-corrected chi connectivity index (χ2v) is 8.57. The molecule has 2 aromatic rings. The Hall–Kier alpha value is -1.31. The summed E-state index contributed by atoms with van der Waals surface area (Å²) in [6.45, 7) is 0. The number of hydrogen-bond donors (Lipinski definition) is 1. The minimum absolute atomic E-state index is 0.398. The molecule has 0 radical (unpaired) electrons. The lowest BCUT2D eigenvalue weighted by Gasteiger charge is -2.59. The number of aliphatic hydroxyl groups is 1. The summed E-state index contributed by atoms with van der Waals surface area (Å²) in [6, 6.07) is 16.4. The predicted octanol–water partition coefficient (Wildman–Crippen LogP) is 5.65. The van der Waals surface area contributed by atoms with E-state index in [1.54, 1.807) is 0 Å². The zero-order valence-corrected chi connectivity index (χ0v) is 14.5.